The maximum Gasteiger partial charge on any atom is 0.417 e. The van der Waals surface area contributed by atoms with E-state index in [-0.39, 0.29) is 17.7 Å². The molecule has 1 atom stereocenters. The van der Waals surface area contributed by atoms with Gasteiger partial charge in [-0.1, -0.05) is 6.07 Å². The number of hydrogen-bond acceptors (Lipinski definition) is 10. The molecule has 0 radical (unpaired) electrons. The number of nitro benzene ring substituents is 1. The minimum atomic E-state index is -0.738. The number of benzene rings is 2. The summed E-state index contributed by atoms with van der Waals surface area (Å²) in [7, 11) is 0. The van der Waals surface area contributed by atoms with Gasteiger partial charge >= 0.3 is 6.09 Å². The van der Waals surface area contributed by atoms with Crippen LogP contribution >= 0.6 is 0 Å². The quantitative estimate of drug-likeness (QED) is 0.173. The van der Waals surface area contributed by atoms with Gasteiger partial charge in [-0.25, -0.2) is 24.7 Å². The second-order valence-electron chi connectivity index (χ2n) is 9.69. The van der Waals surface area contributed by atoms with E-state index in [9.17, 15) is 14.9 Å². The van der Waals surface area contributed by atoms with Gasteiger partial charge in [0.25, 0.3) is 5.69 Å². The molecule has 13 heteroatoms. The Morgan fingerprint density at radius 1 is 1.10 bits per heavy atom. The summed E-state index contributed by atoms with van der Waals surface area (Å²) in [4.78, 5) is 41.1. The molecule has 42 heavy (non-hydrogen) atoms. The number of ether oxygens (including phenoxy) is 2. The number of carbonyl (C=O) groups excluding carboxylic acids is 1. The predicted octanol–water partition coefficient (Wildman–Crippen LogP) is 6.16. The summed E-state index contributed by atoms with van der Waals surface area (Å²) in [6.07, 6.45) is 7.12. The molecule has 2 aromatic carbocycles. The van der Waals surface area contributed by atoms with E-state index < -0.39 is 11.0 Å². The summed E-state index contributed by atoms with van der Waals surface area (Å²) in [6.45, 7) is 2.64. The summed E-state index contributed by atoms with van der Waals surface area (Å²) in [6, 6.07) is 14.3. The molecule has 1 amide bonds. The molecule has 1 saturated heterocycles. The molecular formula is C29H26N8O5. The van der Waals surface area contributed by atoms with E-state index >= 15 is 0 Å². The van der Waals surface area contributed by atoms with Gasteiger partial charge in [-0.15, -0.1) is 0 Å². The fourth-order valence-corrected chi connectivity index (χ4v) is 4.75. The number of imidazole rings is 1. The molecule has 1 unspecified atom stereocenters. The fraction of sp³-hybridized carbons (Fsp3) is 0.207. The highest BCUT2D eigenvalue weighted by atomic mass is 16.6. The molecule has 0 saturated carbocycles. The molecule has 2 N–H and O–H groups in total. The average molecular weight is 567 g/mol. The van der Waals surface area contributed by atoms with Crippen LogP contribution in [0.4, 0.5) is 27.7 Å². The van der Waals surface area contributed by atoms with Crippen LogP contribution in [0.2, 0.25) is 0 Å². The van der Waals surface area contributed by atoms with Gasteiger partial charge in [0, 0.05) is 41.9 Å². The normalized spacial score (nSPS) is 14.8. The molecule has 3 aromatic heterocycles. The number of rotatable bonds is 7. The van der Waals surface area contributed by atoms with Crippen LogP contribution in [-0.4, -0.2) is 42.1 Å². The van der Waals surface area contributed by atoms with Crippen molar-refractivity contribution in [2.75, 3.05) is 17.2 Å². The Kier molecular flexibility index (Phi) is 7.39. The third-order valence-electron chi connectivity index (χ3n) is 6.88. The van der Waals surface area contributed by atoms with Crippen molar-refractivity contribution in [3.05, 3.63) is 89.1 Å². The third-order valence-corrected chi connectivity index (χ3v) is 6.88. The summed E-state index contributed by atoms with van der Waals surface area (Å²) in [5.74, 6) is 0.727. The van der Waals surface area contributed by atoms with E-state index in [4.69, 9.17) is 9.47 Å². The largest absolute Gasteiger partial charge is 0.417 e. The Bertz CT molecular complexity index is 1770. The SMILES string of the molecule is Cc1ccc(NC(=O)Oc2ccc([N+](=O)[O-])cc2)cc1Nc1ncccc1-c1ncnc2c1ncn2C1CCCCO1. The summed E-state index contributed by atoms with van der Waals surface area (Å²) in [5.41, 5.74) is 4.68. The second-order valence-corrected chi connectivity index (χ2v) is 9.69. The molecule has 0 bridgehead atoms. The van der Waals surface area contributed by atoms with Gasteiger partial charge in [-0.2, -0.15) is 0 Å². The summed E-state index contributed by atoms with van der Waals surface area (Å²) >= 11 is 0. The topological polar surface area (TPSA) is 159 Å². The van der Waals surface area contributed by atoms with E-state index in [1.165, 1.54) is 30.6 Å². The lowest BCUT2D eigenvalue weighted by Gasteiger charge is -2.23. The first kappa shape index (κ1) is 26.8. The lowest BCUT2D eigenvalue weighted by atomic mass is 10.1. The van der Waals surface area contributed by atoms with Crippen LogP contribution in [0.3, 0.4) is 0 Å². The Labute approximate surface area is 239 Å². The molecule has 13 nitrogen and oxygen atoms in total. The summed E-state index contributed by atoms with van der Waals surface area (Å²) in [5, 5.41) is 16.9. The van der Waals surface area contributed by atoms with Crippen molar-refractivity contribution in [3.8, 4) is 17.0 Å². The fourth-order valence-electron chi connectivity index (χ4n) is 4.75. The number of nitrogens with one attached hydrogen (secondary N) is 2. The smallest absolute Gasteiger partial charge is 0.410 e. The molecule has 0 spiro atoms. The number of nitro groups is 1. The lowest BCUT2D eigenvalue weighted by Crippen LogP contribution is -2.17. The predicted molar refractivity (Wildman–Crippen MR) is 155 cm³/mol. The number of anilines is 3. The number of carbonyl (C=O) groups is 1. The van der Waals surface area contributed by atoms with Crippen LogP contribution < -0.4 is 15.4 Å². The molecule has 5 aromatic rings. The van der Waals surface area contributed by atoms with E-state index in [1.54, 1.807) is 24.7 Å². The molecule has 6 rings (SSSR count). The Morgan fingerprint density at radius 3 is 2.74 bits per heavy atom. The van der Waals surface area contributed by atoms with Gasteiger partial charge in [0.2, 0.25) is 0 Å². The van der Waals surface area contributed by atoms with Crippen molar-refractivity contribution in [1.82, 2.24) is 24.5 Å². The number of aryl methyl sites for hydroxylation is 1. The first-order valence-electron chi connectivity index (χ1n) is 13.3. The third kappa shape index (κ3) is 5.58. The minimum Gasteiger partial charge on any atom is -0.410 e. The average Bonchev–Trinajstić information content (AvgIpc) is 3.44. The lowest BCUT2D eigenvalue weighted by molar-refractivity contribution is -0.384. The van der Waals surface area contributed by atoms with E-state index in [0.29, 0.717) is 40.7 Å². The first-order valence-corrected chi connectivity index (χ1v) is 13.3. The zero-order valence-corrected chi connectivity index (χ0v) is 22.6. The zero-order valence-electron chi connectivity index (χ0n) is 22.6. The van der Waals surface area contributed by atoms with Crippen LogP contribution in [0.15, 0.2) is 73.4 Å². The first-order chi connectivity index (χ1) is 20.5. The standard InChI is InChI=1S/C29H26N8O5/c1-18-7-8-19(34-29(38)42-21-11-9-20(10-12-21)37(39)40)15-23(18)35-27-22(5-4-13-30-27)25-26-28(32-16-31-25)36(17-33-26)24-6-2-3-14-41-24/h4-5,7-13,15-17,24H,2-3,6,14H2,1H3,(H,30,35)(H,34,38). The van der Waals surface area contributed by atoms with Gasteiger partial charge in [0.05, 0.1) is 11.3 Å². The van der Waals surface area contributed by atoms with Gasteiger partial charge in [-0.3, -0.25) is 20.0 Å². The number of amides is 1. The number of pyridine rings is 1. The highest BCUT2D eigenvalue weighted by molar-refractivity contribution is 5.92. The molecule has 212 valence electrons. The van der Waals surface area contributed by atoms with Crippen LogP contribution in [0.25, 0.3) is 22.4 Å². The monoisotopic (exact) mass is 566 g/mol. The van der Waals surface area contributed by atoms with Crippen molar-refractivity contribution in [2.45, 2.75) is 32.4 Å². The Morgan fingerprint density at radius 2 is 1.95 bits per heavy atom. The van der Waals surface area contributed by atoms with Crippen LogP contribution in [0.5, 0.6) is 5.75 Å². The molecule has 0 aliphatic carbocycles. The molecule has 1 aliphatic rings. The Balaban J connectivity index is 1.23. The Hall–Kier alpha value is -5.43. The number of aromatic nitrogens is 5. The summed E-state index contributed by atoms with van der Waals surface area (Å²) < 4.78 is 13.2. The van der Waals surface area contributed by atoms with E-state index in [0.717, 1.165) is 30.4 Å². The van der Waals surface area contributed by atoms with Gasteiger partial charge in [-0.05, 0) is 68.1 Å². The molecule has 4 heterocycles. The highest BCUT2D eigenvalue weighted by Gasteiger charge is 2.22. The van der Waals surface area contributed by atoms with Crippen molar-refractivity contribution in [2.24, 2.45) is 0 Å². The van der Waals surface area contributed by atoms with Crippen LogP contribution in [0.1, 0.15) is 31.1 Å². The van der Waals surface area contributed by atoms with Crippen molar-refractivity contribution < 1.29 is 19.2 Å². The number of non-ortho nitro benzene ring substituents is 1. The van der Waals surface area contributed by atoms with E-state index in [2.05, 4.69) is 30.6 Å². The van der Waals surface area contributed by atoms with Crippen molar-refractivity contribution >= 4 is 40.1 Å². The van der Waals surface area contributed by atoms with Crippen molar-refractivity contribution in [1.29, 1.82) is 0 Å². The van der Waals surface area contributed by atoms with E-state index in [1.807, 2.05) is 29.7 Å². The van der Waals surface area contributed by atoms with Crippen molar-refractivity contribution in [3.63, 3.8) is 0 Å². The van der Waals surface area contributed by atoms with Crippen LogP contribution in [-0.2, 0) is 4.74 Å². The highest BCUT2D eigenvalue weighted by Crippen LogP contribution is 2.34. The molecular weight excluding hydrogens is 540 g/mol. The van der Waals surface area contributed by atoms with Gasteiger partial charge in [0.15, 0.2) is 5.65 Å². The van der Waals surface area contributed by atoms with Crippen LogP contribution in [0, 0.1) is 17.0 Å². The number of hydrogen-bond donors (Lipinski definition) is 2. The second kappa shape index (κ2) is 11.6. The molecule has 1 fully saturated rings. The number of nitrogens with zero attached hydrogens (tertiary/aromatic N) is 6. The maximum atomic E-state index is 12.5. The molecule has 1 aliphatic heterocycles. The van der Waals surface area contributed by atoms with Gasteiger partial charge in [0.1, 0.15) is 35.3 Å². The minimum absolute atomic E-state index is 0.0970. The maximum absolute atomic E-state index is 12.5. The van der Waals surface area contributed by atoms with Gasteiger partial charge < -0.3 is 14.8 Å². The zero-order chi connectivity index (χ0) is 29.1. The number of fused-ring (bicyclic) bond motifs is 1.